The lowest BCUT2D eigenvalue weighted by atomic mass is 10.1. The summed E-state index contributed by atoms with van der Waals surface area (Å²) < 4.78 is 14.4. The minimum atomic E-state index is -1.09. The number of nitrogens with zero attached hydrogens (tertiary/aromatic N) is 3. The number of aromatic carboxylic acids is 1. The smallest absolute Gasteiger partial charge is 0.336 e. The molecule has 2 aromatic rings. The van der Waals surface area contributed by atoms with Crippen LogP contribution in [0.5, 0.6) is 0 Å². The Hall–Kier alpha value is -2.24. The molecule has 0 radical (unpaired) electrons. The average molecular weight is 221 g/mol. The van der Waals surface area contributed by atoms with Crippen molar-refractivity contribution in [2.45, 2.75) is 6.54 Å². The molecule has 2 rings (SSSR count). The Balaban J connectivity index is 2.38. The zero-order chi connectivity index (χ0) is 11.5. The second-order valence-electron chi connectivity index (χ2n) is 3.20. The summed E-state index contributed by atoms with van der Waals surface area (Å²) in [6, 6.07) is 3.54. The summed E-state index contributed by atoms with van der Waals surface area (Å²) in [5.41, 5.74) is 0.426. The van der Waals surface area contributed by atoms with Gasteiger partial charge in [0.15, 0.2) is 0 Å². The maximum atomic E-state index is 13.0. The molecule has 0 aliphatic heterocycles. The summed E-state index contributed by atoms with van der Waals surface area (Å²) in [5, 5.41) is 12.7. The number of benzene rings is 1. The van der Waals surface area contributed by atoms with Crippen molar-refractivity contribution in [2.24, 2.45) is 0 Å². The molecule has 0 aliphatic carbocycles. The van der Waals surface area contributed by atoms with Crippen LogP contribution >= 0.6 is 0 Å². The largest absolute Gasteiger partial charge is 0.478 e. The number of rotatable bonds is 3. The van der Waals surface area contributed by atoms with E-state index >= 15 is 0 Å². The van der Waals surface area contributed by atoms with Gasteiger partial charge in [0.25, 0.3) is 0 Å². The first kappa shape index (κ1) is 10.3. The van der Waals surface area contributed by atoms with E-state index in [4.69, 9.17) is 5.11 Å². The molecule has 0 aliphatic rings. The molecule has 5 nitrogen and oxygen atoms in total. The minimum Gasteiger partial charge on any atom is -0.478 e. The third kappa shape index (κ3) is 2.05. The predicted octanol–water partition coefficient (Wildman–Crippen LogP) is 1.16. The van der Waals surface area contributed by atoms with E-state index < -0.39 is 11.8 Å². The van der Waals surface area contributed by atoms with Gasteiger partial charge in [-0.2, -0.15) is 5.10 Å². The molecule has 1 aromatic heterocycles. The standard InChI is InChI=1S/C10H8FN3O2/c11-8-1-2-9(10(15)16)7(3-8)4-14-6-12-5-13-14/h1-3,5-6H,4H2,(H,15,16). The van der Waals surface area contributed by atoms with Crippen molar-refractivity contribution in [3.05, 3.63) is 47.8 Å². The molecule has 0 saturated carbocycles. The molecule has 1 aromatic carbocycles. The summed E-state index contributed by atoms with van der Waals surface area (Å²) in [7, 11) is 0. The van der Waals surface area contributed by atoms with Gasteiger partial charge >= 0.3 is 5.97 Å². The number of carbonyl (C=O) groups is 1. The van der Waals surface area contributed by atoms with E-state index in [1.54, 1.807) is 0 Å². The fourth-order valence-electron chi connectivity index (χ4n) is 1.39. The molecular formula is C10H8FN3O2. The van der Waals surface area contributed by atoms with Crippen LogP contribution in [0.25, 0.3) is 0 Å². The number of carboxylic acid groups (broad SMARTS) is 1. The van der Waals surface area contributed by atoms with Gasteiger partial charge in [0, 0.05) is 0 Å². The van der Waals surface area contributed by atoms with Crippen LogP contribution in [-0.4, -0.2) is 25.8 Å². The maximum Gasteiger partial charge on any atom is 0.336 e. The van der Waals surface area contributed by atoms with Crippen molar-refractivity contribution < 1.29 is 14.3 Å². The Morgan fingerprint density at radius 1 is 1.50 bits per heavy atom. The van der Waals surface area contributed by atoms with Crippen LogP contribution in [0, 0.1) is 5.82 Å². The van der Waals surface area contributed by atoms with Gasteiger partial charge in [-0.15, -0.1) is 0 Å². The van der Waals surface area contributed by atoms with E-state index in [9.17, 15) is 9.18 Å². The summed E-state index contributed by atoms with van der Waals surface area (Å²) >= 11 is 0. The van der Waals surface area contributed by atoms with E-state index in [1.807, 2.05) is 0 Å². The average Bonchev–Trinajstić information content (AvgIpc) is 2.70. The van der Waals surface area contributed by atoms with Gasteiger partial charge in [0.1, 0.15) is 18.5 Å². The molecule has 0 bridgehead atoms. The third-order valence-corrected chi connectivity index (χ3v) is 2.10. The summed E-state index contributed by atoms with van der Waals surface area (Å²) in [4.78, 5) is 14.6. The SMILES string of the molecule is O=C(O)c1ccc(F)cc1Cn1cncn1. The van der Waals surface area contributed by atoms with Gasteiger partial charge < -0.3 is 5.11 Å². The topological polar surface area (TPSA) is 68.0 Å². The number of carboxylic acids is 1. The fourth-order valence-corrected chi connectivity index (χ4v) is 1.39. The Bertz CT molecular complexity index is 511. The van der Waals surface area contributed by atoms with Gasteiger partial charge in [-0.25, -0.2) is 18.9 Å². The Labute approximate surface area is 90.2 Å². The van der Waals surface area contributed by atoms with Crippen LogP contribution in [-0.2, 0) is 6.54 Å². The van der Waals surface area contributed by atoms with Crippen LogP contribution in [0.3, 0.4) is 0 Å². The van der Waals surface area contributed by atoms with Crippen molar-refractivity contribution in [3.63, 3.8) is 0 Å². The van der Waals surface area contributed by atoms with Crippen LogP contribution in [0.1, 0.15) is 15.9 Å². The number of halogens is 1. The first-order valence-electron chi connectivity index (χ1n) is 4.51. The van der Waals surface area contributed by atoms with Crippen molar-refractivity contribution in [2.75, 3.05) is 0 Å². The molecule has 0 amide bonds. The van der Waals surface area contributed by atoms with Crippen molar-refractivity contribution in [3.8, 4) is 0 Å². The van der Waals surface area contributed by atoms with Gasteiger partial charge in [0.2, 0.25) is 0 Å². The summed E-state index contributed by atoms with van der Waals surface area (Å²) in [6.45, 7) is 0.180. The van der Waals surface area contributed by atoms with Gasteiger partial charge in [-0.05, 0) is 23.8 Å². The van der Waals surface area contributed by atoms with E-state index in [-0.39, 0.29) is 12.1 Å². The fraction of sp³-hybridized carbons (Fsp3) is 0.100. The van der Waals surface area contributed by atoms with Crippen LogP contribution in [0.2, 0.25) is 0 Å². The van der Waals surface area contributed by atoms with Crippen molar-refractivity contribution in [1.82, 2.24) is 14.8 Å². The molecule has 0 saturated heterocycles. The zero-order valence-corrected chi connectivity index (χ0v) is 8.17. The lowest BCUT2D eigenvalue weighted by Crippen LogP contribution is -2.08. The molecule has 82 valence electrons. The first-order chi connectivity index (χ1) is 7.66. The maximum absolute atomic E-state index is 13.0. The summed E-state index contributed by atoms with van der Waals surface area (Å²) in [6.07, 6.45) is 2.77. The lowest BCUT2D eigenvalue weighted by molar-refractivity contribution is 0.0695. The molecule has 6 heteroatoms. The van der Waals surface area contributed by atoms with E-state index in [0.717, 1.165) is 6.07 Å². The minimum absolute atomic E-state index is 0.0666. The second kappa shape index (κ2) is 4.09. The highest BCUT2D eigenvalue weighted by Gasteiger charge is 2.11. The summed E-state index contributed by atoms with van der Waals surface area (Å²) in [5.74, 6) is -1.56. The zero-order valence-electron chi connectivity index (χ0n) is 8.17. The second-order valence-corrected chi connectivity index (χ2v) is 3.20. The number of hydrogen-bond acceptors (Lipinski definition) is 3. The predicted molar refractivity (Wildman–Crippen MR) is 52.5 cm³/mol. The first-order valence-corrected chi connectivity index (χ1v) is 4.51. The highest BCUT2D eigenvalue weighted by molar-refractivity contribution is 5.89. The van der Waals surface area contributed by atoms with Gasteiger partial charge in [-0.3, -0.25) is 0 Å². The molecule has 0 atom stereocenters. The molecule has 0 fully saturated rings. The lowest BCUT2D eigenvalue weighted by Gasteiger charge is -2.05. The third-order valence-electron chi connectivity index (χ3n) is 2.10. The van der Waals surface area contributed by atoms with Crippen LogP contribution in [0.15, 0.2) is 30.9 Å². The highest BCUT2D eigenvalue weighted by Crippen LogP contribution is 2.12. The van der Waals surface area contributed by atoms with Gasteiger partial charge in [-0.1, -0.05) is 0 Å². The highest BCUT2D eigenvalue weighted by atomic mass is 19.1. The van der Waals surface area contributed by atoms with Crippen LogP contribution in [0.4, 0.5) is 4.39 Å². The quantitative estimate of drug-likeness (QED) is 0.844. The Kier molecular flexibility index (Phi) is 2.63. The molecule has 1 N–H and O–H groups in total. The number of aromatic nitrogens is 3. The molecule has 0 unspecified atom stereocenters. The van der Waals surface area contributed by atoms with Crippen molar-refractivity contribution >= 4 is 5.97 Å². The normalized spacial score (nSPS) is 10.3. The molecular weight excluding hydrogens is 213 g/mol. The Morgan fingerprint density at radius 3 is 2.94 bits per heavy atom. The van der Waals surface area contributed by atoms with E-state index in [0.29, 0.717) is 5.56 Å². The van der Waals surface area contributed by atoms with E-state index in [1.165, 1.54) is 29.5 Å². The van der Waals surface area contributed by atoms with Crippen LogP contribution < -0.4 is 0 Å². The molecule has 1 heterocycles. The van der Waals surface area contributed by atoms with Crippen molar-refractivity contribution in [1.29, 1.82) is 0 Å². The van der Waals surface area contributed by atoms with E-state index in [2.05, 4.69) is 10.1 Å². The number of hydrogen-bond donors (Lipinski definition) is 1. The molecule has 0 spiro atoms. The monoisotopic (exact) mass is 221 g/mol. The van der Waals surface area contributed by atoms with Gasteiger partial charge in [0.05, 0.1) is 12.1 Å². The molecule has 16 heavy (non-hydrogen) atoms. The Morgan fingerprint density at radius 2 is 2.31 bits per heavy atom.